The van der Waals surface area contributed by atoms with Crippen LogP contribution in [-0.4, -0.2) is 30.2 Å². The molecule has 5 nitrogen and oxygen atoms in total. The summed E-state index contributed by atoms with van der Waals surface area (Å²) < 4.78 is 11.4. The van der Waals surface area contributed by atoms with Gasteiger partial charge >= 0.3 is 0 Å². The fourth-order valence-electron chi connectivity index (χ4n) is 2.93. The monoisotopic (exact) mass is 358 g/mol. The molecular formula is C21H30N2O3. The molecule has 0 bridgehead atoms. The van der Waals surface area contributed by atoms with Gasteiger partial charge in [0.2, 0.25) is 0 Å². The van der Waals surface area contributed by atoms with Crippen LogP contribution in [0.2, 0.25) is 0 Å². The topological polar surface area (TPSA) is 60.5 Å². The number of nitrogens with one attached hydrogen (secondary N) is 1. The quantitative estimate of drug-likeness (QED) is 0.745. The van der Waals surface area contributed by atoms with Gasteiger partial charge in [-0.3, -0.25) is 9.78 Å². The molecule has 142 valence electrons. The Kier molecular flexibility index (Phi) is 6.59. The van der Waals surface area contributed by atoms with Crippen molar-refractivity contribution in [2.24, 2.45) is 11.8 Å². The van der Waals surface area contributed by atoms with Gasteiger partial charge in [-0.1, -0.05) is 27.7 Å². The van der Waals surface area contributed by atoms with Crippen LogP contribution in [0.15, 0.2) is 30.5 Å². The number of nitrogens with zero attached hydrogens (tertiary/aromatic N) is 1. The molecule has 0 fully saturated rings. The Hall–Kier alpha value is -2.14. The minimum atomic E-state index is -0.879. The van der Waals surface area contributed by atoms with E-state index in [0.717, 1.165) is 16.7 Å². The number of amides is 1. The zero-order valence-corrected chi connectivity index (χ0v) is 16.6. The first-order chi connectivity index (χ1) is 12.3. The predicted octanol–water partition coefficient (Wildman–Crippen LogP) is 4.66. The second-order valence-corrected chi connectivity index (χ2v) is 7.70. The van der Waals surface area contributed by atoms with Crippen LogP contribution in [0.4, 0.5) is 5.69 Å². The Bertz CT molecular complexity index is 758. The second kappa shape index (κ2) is 8.49. The molecule has 1 atom stereocenters. The lowest BCUT2D eigenvalue weighted by atomic mass is 9.93. The maximum Gasteiger partial charge on any atom is 0.256 e. The van der Waals surface area contributed by atoms with E-state index in [1.165, 1.54) is 0 Å². The van der Waals surface area contributed by atoms with Crippen molar-refractivity contribution < 1.29 is 14.3 Å². The molecule has 0 saturated carbocycles. The average Bonchev–Trinajstić information content (AvgIpc) is 2.60. The van der Waals surface area contributed by atoms with Crippen LogP contribution in [0.1, 0.15) is 41.0 Å². The molecule has 0 aliphatic heterocycles. The number of carbonyl (C=O) groups excluding carboxylic acids is 1. The summed E-state index contributed by atoms with van der Waals surface area (Å²) >= 11 is 0. The van der Waals surface area contributed by atoms with Gasteiger partial charge in [0.15, 0.2) is 0 Å². The molecular weight excluding hydrogens is 328 g/mol. The van der Waals surface area contributed by atoms with Gasteiger partial charge < -0.3 is 14.8 Å². The number of hydrogen-bond acceptors (Lipinski definition) is 4. The van der Waals surface area contributed by atoms with Crippen LogP contribution in [0.5, 0.6) is 5.75 Å². The standard InChI is InChI=1S/C21H30N2O3/c1-14(2)12-21(5,25-6)20(24)23-17-9-10-18(26-13-15(3)4)19-16(17)8-7-11-22-19/h7-11,14-15H,12-13H2,1-6H3,(H,23,24). The number of methoxy groups -OCH3 is 1. The number of pyridine rings is 1. The number of fused-ring (bicyclic) bond motifs is 1. The van der Waals surface area contributed by atoms with E-state index in [2.05, 4.69) is 38.0 Å². The Balaban J connectivity index is 2.33. The Morgan fingerprint density at radius 1 is 1.19 bits per heavy atom. The summed E-state index contributed by atoms with van der Waals surface area (Å²) in [5.74, 6) is 1.33. The third kappa shape index (κ3) is 4.73. The van der Waals surface area contributed by atoms with Crippen molar-refractivity contribution in [3.63, 3.8) is 0 Å². The molecule has 0 radical (unpaired) electrons. The molecule has 1 heterocycles. The number of rotatable bonds is 8. The first kappa shape index (κ1) is 20.2. The largest absolute Gasteiger partial charge is 0.491 e. The summed E-state index contributed by atoms with van der Waals surface area (Å²) in [6.45, 7) is 10.8. The molecule has 1 amide bonds. The highest BCUT2D eigenvalue weighted by molar-refractivity contribution is 6.05. The number of benzene rings is 1. The van der Waals surface area contributed by atoms with Crippen molar-refractivity contribution in [3.05, 3.63) is 30.5 Å². The lowest BCUT2D eigenvalue weighted by Gasteiger charge is -2.28. The fraction of sp³-hybridized carbons (Fsp3) is 0.524. The van der Waals surface area contributed by atoms with E-state index in [4.69, 9.17) is 9.47 Å². The third-order valence-corrected chi connectivity index (χ3v) is 4.28. The summed E-state index contributed by atoms with van der Waals surface area (Å²) in [6.07, 6.45) is 2.37. The lowest BCUT2D eigenvalue weighted by Crippen LogP contribution is -2.43. The zero-order valence-electron chi connectivity index (χ0n) is 16.6. The predicted molar refractivity (Wildman–Crippen MR) is 106 cm³/mol. The molecule has 1 unspecified atom stereocenters. The van der Waals surface area contributed by atoms with Gasteiger partial charge in [-0.25, -0.2) is 0 Å². The fourth-order valence-corrected chi connectivity index (χ4v) is 2.93. The van der Waals surface area contributed by atoms with E-state index in [1.54, 1.807) is 13.3 Å². The average molecular weight is 358 g/mol. The SMILES string of the molecule is COC(C)(CC(C)C)C(=O)Nc1ccc(OCC(C)C)c2ncccc12. The summed E-state index contributed by atoms with van der Waals surface area (Å²) in [6, 6.07) is 7.52. The molecule has 1 aromatic carbocycles. The van der Waals surface area contributed by atoms with Crippen molar-refractivity contribution >= 4 is 22.5 Å². The highest BCUT2D eigenvalue weighted by Crippen LogP contribution is 2.31. The number of carbonyl (C=O) groups is 1. The number of anilines is 1. The second-order valence-electron chi connectivity index (χ2n) is 7.70. The molecule has 0 aliphatic rings. The van der Waals surface area contributed by atoms with Gasteiger partial charge in [0.1, 0.15) is 16.9 Å². The van der Waals surface area contributed by atoms with Crippen molar-refractivity contribution in [1.29, 1.82) is 0 Å². The van der Waals surface area contributed by atoms with Gasteiger partial charge in [0.25, 0.3) is 5.91 Å². The van der Waals surface area contributed by atoms with Gasteiger partial charge in [-0.05, 0) is 49.4 Å². The summed E-state index contributed by atoms with van der Waals surface area (Å²) in [5, 5.41) is 3.87. The lowest BCUT2D eigenvalue weighted by molar-refractivity contribution is -0.137. The van der Waals surface area contributed by atoms with Crippen LogP contribution in [-0.2, 0) is 9.53 Å². The number of ether oxygens (including phenoxy) is 2. The number of hydrogen-bond donors (Lipinski definition) is 1. The molecule has 0 spiro atoms. The maximum absolute atomic E-state index is 12.9. The van der Waals surface area contributed by atoms with Gasteiger partial charge in [-0.2, -0.15) is 0 Å². The minimum Gasteiger partial charge on any atom is -0.491 e. The van der Waals surface area contributed by atoms with Gasteiger partial charge in [-0.15, -0.1) is 0 Å². The molecule has 0 aliphatic carbocycles. The van der Waals surface area contributed by atoms with Gasteiger partial charge in [0.05, 0.1) is 12.3 Å². The molecule has 5 heteroatoms. The maximum atomic E-state index is 12.9. The van der Waals surface area contributed by atoms with E-state index in [-0.39, 0.29) is 5.91 Å². The Labute approximate surface area is 156 Å². The highest BCUT2D eigenvalue weighted by Gasteiger charge is 2.34. The molecule has 2 aromatic rings. The Morgan fingerprint density at radius 2 is 1.92 bits per heavy atom. The Morgan fingerprint density at radius 3 is 2.54 bits per heavy atom. The van der Waals surface area contributed by atoms with Crippen molar-refractivity contribution in [3.8, 4) is 5.75 Å². The minimum absolute atomic E-state index is 0.158. The normalized spacial score (nSPS) is 13.8. The summed E-state index contributed by atoms with van der Waals surface area (Å²) in [5.41, 5.74) is 0.575. The zero-order chi connectivity index (χ0) is 19.3. The van der Waals surface area contributed by atoms with Crippen molar-refractivity contribution in [2.75, 3.05) is 19.0 Å². The smallest absolute Gasteiger partial charge is 0.256 e. The van der Waals surface area contributed by atoms with Crippen LogP contribution >= 0.6 is 0 Å². The van der Waals surface area contributed by atoms with E-state index in [9.17, 15) is 4.79 Å². The molecule has 26 heavy (non-hydrogen) atoms. The van der Waals surface area contributed by atoms with Crippen LogP contribution in [0.3, 0.4) is 0 Å². The van der Waals surface area contributed by atoms with E-state index in [1.807, 2.05) is 31.2 Å². The van der Waals surface area contributed by atoms with Crippen molar-refractivity contribution in [2.45, 2.75) is 46.6 Å². The highest BCUT2D eigenvalue weighted by atomic mass is 16.5. The van der Waals surface area contributed by atoms with Crippen LogP contribution in [0.25, 0.3) is 10.9 Å². The summed E-state index contributed by atoms with van der Waals surface area (Å²) in [7, 11) is 1.57. The number of aromatic nitrogens is 1. The molecule has 2 rings (SSSR count). The van der Waals surface area contributed by atoms with E-state index < -0.39 is 5.60 Å². The van der Waals surface area contributed by atoms with Crippen LogP contribution in [0, 0.1) is 11.8 Å². The summed E-state index contributed by atoms with van der Waals surface area (Å²) in [4.78, 5) is 17.3. The molecule has 1 N–H and O–H groups in total. The first-order valence-electron chi connectivity index (χ1n) is 9.14. The molecule has 1 aromatic heterocycles. The first-order valence-corrected chi connectivity index (χ1v) is 9.14. The van der Waals surface area contributed by atoms with Crippen LogP contribution < -0.4 is 10.1 Å². The van der Waals surface area contributed by atoms with E-state index in [0.29, 0.717) is 30.6 Å². The van der Waals surface area contributed by atoms with Gasteiger partial charge in [0, 0.05) is 18.7 Å². The van der Waals surface area contributed by atoms with E-state index >= 15 is 0 Å². The third-order valence-electron chi connectivity index (χ3n) is 4.28. The van der Waals surface area contributed by atoms with Crippen molar-refractivity contribution in [1.82, 2.24) is 4.98 Å². The molecule has 0 saturated heterocycles.